The molecule has 4 unspecified atom stereocenters. The van der Waals surface area contributed by atoms with Crippen LogP contribution >= 0.6 is 12.4 Å². The summed E-state index contributed by atoms with van der Waals surface area (Å²) in [5.74, 6) is 0.893. The number of anilines is 2. The Balaban J connectivity index is 0.00000196. The van der Waals surface area contributed by atoms with Crippen molar-refractivity contribution in [3.63, 3.8) is 0 Å². The molecule has 2 saturated carbocycles. The van der Waals surface area contributed by atoms with Gasteiger partial charge in [0.05, 0.1) is 11.6 Å². The number of benzene rings is 1. The summed E-state index contributed by atoms with van der Waals surface area (Å²) in [4.78, 5) is 26.7. The molecule has 6 nitrogen and oxygen atoms in total. The monoisotopic (exact) mass is 378 g/mol. The second-order valence-corrected chi connectivity index (χ2v) is 7.51. The minimum atomic E-state index is -0.0835. The highest BCUT2D eigenvalue weighted by Gasteiger charge is 2.49. The summed E-state index contributed by atoms with van der Waals surface area (Å²) in [5.41, 5.74) is 9.06. The molecule has 2 aliphatic carbocycles. The number of fused-ring (bicyclic) bond motifs is 3. The van der Waals surface area contributed by atoms with E-state index in [4.69, 9.17) is 5.73 Å². The third-order valence-electron chi connectivity index (χ3n) is 6.10. The second-order valence-electron chi connectivity index (χ2n) is 7.51. The number of carbonyl (C=O) groups is 2. The van der Waals surface area contributed by atoms with Gasteiger partial charge in [0.25, 0.3) is 0 Å². The molecule has 3 aliphatic rings. The third kappa shape index (κ3) is 3.16. The number of halogens is 1. The Labute approximate surface area is 160 Å². The van der Waals surface area contributed by atoms with Gasteiger partial charge in [0.2, 0.25) is 5.91 Å². The van der Waals surface area contributed by atoms with Crippen LogP contribution in [0.4, 0.5) is 16.2 Å². The van der Waals surface area contributed by atoms with Crippen LogP contribution in [0.3, 0.4) is 0 Å². The fraction of sp³-hybridized carbons (Fsp3) is 0.579. The van der Waals surface area contributed by atoms with E-state index in [1.54, 1.807) is 4.90 Å². The molecular formula is C19H27ClN4O2. The van der Waals surface area contributed by atoms with Crippen LogP contribution in [-0.2, 0) is 11.2 Å². The lowest BCUT2D eigenvalue weighted by atomic mass is 9.84. The van der Waals surface area contributed by atoms with Gasteiger partial charge in [-0.3, -0.25) is 9.69 Å². The second kappa shape index (κ2) is 7.45. The molecule has 1 aliphatic heterocycles. The van der Waals surface area contributed by atoms with Gasteiger partial charge < -0.3 is 16.4 Å². The van der Waals surface area contributed by atoms with Crippen molar-refractivity contribution in [2.24, 2.45) is 23.5 Å². The predicted molar refractivity (Wildman–Crippen MR) is 105 cm³/mol. The predicted octanol–water partition coefficient (Wildman–Crippen LogP) is 2.51. The number of hydrogen-bond acceptors (Lipinski definition) is 3. The minimum Gasteiger partial charge on any atom is -0.338 e. The van der Waals surface area contributed by atoms with Gasteiger partial charge in [0.1, 0.15) is 0 Å². The number of amides is 3. The first kappa shape index (κ1) is 19.0. The maximum atomic E-state index is 12.7. The van der Waals surface area contributed by atoms with E-state index in [0.29, 0.717) is 24.9 Å². The van der Waals surface area contributed by atoms with E-state index in [0.717, 1.165) is 42.6 Å². The Hall–Kier alpha value is -1.79. The van der Waals surface area contributed by atoms with Crippen molar-refractivity contribution in [2.45, 2.75) is 38.6 Å². The van der Waals surface area contributed by atoms with Gasteiger partial charge in [0, 0.05) is 24.8 Å². The quantitative estimate of drug-likeness (QED) is 0.755. The van der Waals surface area contributed by atoms with Gasteiger partial charge in [-0.15, -0.1) is 12.4 Å². The summed E-state index contributed by atoms with van der Waals surface area (Å²) in [7, 11) is 0. The van der Waals surface area contributed by atoms with Gasteiger partial charge in [-0.1, -0.05) is 6.07 Å². The summed E-state index contributed by atoms with van der Waals surface area (Å²) in [6.07, 6.45) is 4.22. The number of nitrogens with zero attached hydrogens (tertiary/aromatic N) is 1. The van der Waals surface area contributed by atoms with Crippen LogP contribution in [0.2, 0.25) is 0 Å². The van der Waals surface area contributed by atoms with Crippen LogP contribution in [0.25, 0.3) is 0 Å². The smallest absolute Gasteiger partial charge is 0.321 e. The molecule has 0 radical (unpaired) electrons. The molecular weight excluding hydrogens is 352 g/mol. The Morgan fingerprint density at radius 3 is 2.73 bits per heavy atom. The Morgan fingerprint density at radius 2 is 2.04 bits per heavy atom. The molecule has 7 heteroatoms. The molecule has 4 rings (SSSR count). The molecule has 2 bridgehead atoms. The zero-order chi connectivity index (χ0) is 17.6. The lowest BCUT2D eigenvalue weighted by molar-refractivity contribution is -0.121. The van der Waals surface area contributed by atoms with Crippen molar-refractivity contribution in [1.29, 1.82) is 0 Å². The number of hydrogen-bond donors (Lipinski definition) is 3. The van der Waals surface area contributed by atoms with E-state index in [1.165, 1.54) is 0 Å². The van der Waals surface area contributed by atoms with Crippen LogP contribution in [0.15, 0.2) is 18.2 Å². The summed E-state index contributed by atoms with van der Waals surface area (Å²) < 4.78 is 0. The van der Waals surface area contributed by atoms with Crippen LogP contribution in [0.5, 0.6) is 0 Å². The zero-order valence-corrected chi connectivity index (χ0v) is 15.8. The highest BCUT2D eigenvalue weighted by molar-refractivity contribution is 5.97. The van der Waals surface area contributed by atoms with Crippen LogP contribution in [0, 0.1) is 17.8 Å². The van der Waals surface area contributed by atoms with Crippen molar-refractivity contribution >= 4 is 35.7 Å². The molecule has 2 fully saturated rings. The average Bonchev–Trinajstić information content (AvgIpc) is 3.28. The molecule has 4 N–H and O–H groups in total. The Morgan fingerprint density at radius 1 is 1.27 bits per heavy atom. The molecule has 1 aromatic rings. The zero-order valence-electron chi connectivity index (χ0n) is 15.0. The Kier molecular flexibility index (Phi) is 5.44. The Bertz CT molecular complexity index is 709. The molecule has 26 heavy (non-hydrogen) atoms. The first-order valence-corrected chi connectivity index (χ1v) is 9.33. The fourth-order valence-corrected chi connectivity index (χ4v) is 4.87. The van der Waals surface area contributed by atoms with Gasteiger partial charge in [-0.05, 0) is 62.1 Å². The lowest BCUT2D eigenvalue weighted by Gasteiger charge is -2.27. The number of carbonyl (C=O) groups excluding carboxylic acids is 2. The standard InChI is InChI=1S/C19H26N4O2.ClH/c1-2-21-19(25)23-8-7-11-5-6-14(10-15(11)23)22-18(24)16-12-3-4-13(9-12)17(16)20;/h5-6,10,12-13,16-17H,2-4,7-9,20H2,1H3,(H,21,25)(H,22,24);1H. The highest BCUT2D eigenvalue weighted by atomic mass is 35.5. The van der Waals surface area contributed by atoms with Gasteiger partial charge >= 0.3 is 6.03 Å². The van der Waals surface area contributed by atoms with E-state index in [1.807, 2.05) is 25.1 Å². The summed E-state index contributed by atoms with van der Waals surface area (Å²) >= 11 is 0. The summed E-state index contributed by atoms with van der Waals surface area (Å²) in [6.45, 7) is 3.18. The summed E-state index contributed by atoms with van der Waals surface area (Å²) in [6, 6.07) is 5.75. The van der Waals surface area contributed by atoms with E-state index in [9.17, 15) is 9.59 Å². The summed E-state index contributed by atoms with van der Waals surface area (Å²) in [5, 5.41) is 5.88. The van der Waals surface area contributed by atoms with Crippen LogP contribution < -0.4 is 21.3 Å². The average molecular weight is 379 g/mol. The topological polar surface area (TPSA) is 87.5 Å². The molecule has 3 amide bonds. The highest BCUT2D eigenvalue weighted by Crippen LogP contribution is 2.48. The van der Waals surface area contributed by atoms with Crippen LogP contribution in [-0.4, -0.2) is 31.1 Å². The third-order valence-corrected chi connectivity index (χ3v) is 6.10. The van der Waals surface area contributed by atoms with Crippen LogP contribution in [0.1, 0.15) is 31.7 Å². The normalized spacial score (nSPS) is 28.5. The van der Waals surface area contributed by atoms with Crippen molar-refractivity contribution in [2.75, 3.05) is 23.3 Å². The van der Waals surface area contributed by atoms with E-state index < -0.39 is 0 Å². The minimum absolute atomic E-state index is 0. The first-order valence-electron chi connectivity index (χ1n) is 9.33. The molecule has 142 valence electrons. The van der Waals surface area contributed by atoms with E-state index >= 15 is 0 Å². The van der Waals surface area contributed by atoms with Gasteiger partial charge in [0.15, 0.2) is 0 Å². The number of nitrogens with two attached hydrogens (primary N) is 1. The molecule has 1 heterocycles. The van der Waals surface area contributed by atoms with E-state index in [-0.39, 0.29) is 36.3 Å². The van der Waals surface area contributed by atoms with Crippen molar-refractivity contribution in [3.05, 3.63) is 23.8 Å². The number of rotatable bonds is 3. The fourth-order valence-electron chi connectivity index (χ4n) is 4.87. The molecule has 4 atom stereocenters. The van der Waals surface area contributed by atoms with Gasteiger partial charge in [-0.25, -0.2) is 4.79 Å². The van der Waals surface area contributed by atoms with E-state index in [2.05, 4.69) is 10.6 Å². The lowest BCUT2D eigenvalue weighted by Crippen LogP contribution is -2.42. The number of nitrogens with one attached hydrogen (secondary N) is 2. The largest absolute Gasteiger partial charge is 0.338 e. The number of urea groups is 1. The molecule has 0 aromatic heterocycles. The first-order chi connectivity index (χ1) is 12.1. The maximum absolute atomic E-state index is 12.7. The molecule has 0 spiro atoms. The molecule has 0 saturated heterocycles. The van der Waals surface area contributed by atoms with Crippen molar-refractivity contribution in [3.8, 4) is 0 Å². The SMILES string of the molecule is CCNC(=O)N1CCc2ccc(NC(=O)C3C4CCC(C4)C3N)cc21.Cl. The van der Waals surface area contributed by atoms with Crippen molar-refractivity contribution < 1.29 is 9.59 Å². The maximum Gasteiger partial charge on any atom is 0.321 e. The van der Waals surface area contributed by atoms with Gasteiger partial charge in [-0.2, -0.15) is 0 Å². The van der Waals surface area contributed by atoms with Crippen molar-refractivity contribution in [1.82, 2.24) is 5.32 Å². The molecule has 1 aromatic carbocycles.